The van der Waals surface area contributed by atoms with Gasteiger partial charge in [0.25, 0.3) is 0 Å². The predicted octanol–water partition coefficient (Wildman–Crippen LogP) is 18.5. The van der Waals surface area contributed by atoms with Crippen LogP contribution in [-0.4, -0.2) is 24.8 Å². The molecule has 1 aromatic heterocycles. The topological polar surface area (TPSA) is 40.6 Å². The van der Waals surface area contributed by atoms with Gasteiger partial charge in [-0.25, -0.2) is 0 Å². The van der Waals surface area contributed by atoms with Crippen LogP contribution < -0.4 is 14.2 Å². The van der Waals surface area contributed by atoms with E-state index < -0.39 is 0 Å². The number of nitrogens with zero attached hydrogens (tertiary/aromatic N) is 1. The lowest BCUT2D eigenvalue weighted by molar-refractivity contribution is 0.234. The van der Waals surface area contributed by atoms with Crippen molar-refractivity contribution in [3.05, 3.63) is 47.8 Å². The first-order valence-corrected chi connectivity index (χ1v) is 25.9. The SMILES string of the molecule is CCCCCCCCCCCCCCOc1ccc(/C=C/c2ccncc2)c(OCCCCCCCCCCCCCC)c1OCCCCCCCCCCCCCC. The Hall–Kier alpha value is -2.49. The molecule has 2 rings (SSSR count). The summed E-state index contributed by atoms with van der Waals surface area (Å²) in [5.41, 5.74) is 2.17. The molecule has 0 spiro atoms. The zero-order chi connectivity index (χ0) is 41.9. The minimum Gasteiger partial charge on any atom is -0.490 e. The van der Waals surface area contributed by atoms with Crippen LogP contribution in [0, 0.1) is 0 Å². The molecule has 59 heavy (non-hydrogen) atoms. The zero-order valence-corrected chi connectivity index (χ0v) is 39.4. The van der Waals surface area contributed by atoms with Crippen LogP contribution in [0.5, 0.6) is 17.2 Å². The summed E-state index contributed by atoms with van der Waals surface area (Å²) < 4.78 is 19.9. The largest absolute Gasteiger partial charge is 0.490 e. The Morgan fingerprint density at radius 1 is 0.339 bits per heavy atom. The monoisotopic (exact) mass is 818 g/mol. The Morgan fingerprint density at radius 3 is 1.03 bits per heavy atom. The maximum Gasteiger partial charge on any atom is 0.204 e. The van der Waals surface area contributed by atoms with Crippen molar-refractivity contribution in [2.45, 2.75) is 252 Å². The molecule has 0 N–H and O–H groups in total. The van der Waals surface area contributed by atoms with Gasteiger partial charge in [-0.2, -0.15) is 0 Å². The minimum absolute atomic E-state index is 0.693. The van der Waals surface area contributed by atoms with E-state index in [1.807, 2.05) is 24.5 Å². The third-order valence-electron chi connectivity index (χ3n) is 12.0. The highest BCUT2D eigenvalue weighted by Crippen LogP contribution is 2.42. The van der Waals surface area contributed by atoms with Gasteiger partial charge in [0.05, 0.1) is 19.8 Å². The Morgan fingerprint density at radius 2 is 0.661 bits per heavy atom. The lowest BCUT2D eigenvalue weighted by Crippen LogP contribution is -2.07. The molecule has 0 radical (unpaired) electrons. The molecule has 0 aliphatic heterocycles. The lowest BCUT2D eigenvalue weighted by atomic mass is 10.1. The highest BCUT2D eigenvalue weighted by Gasteiger charge is 2.17. The summed E-state index contributed by atoms with van der Waals surface area (Å²) >= 11 is 0. The summed E-state index contributed by atoms with van der Waals surface area (Å²) in [6.07, 6.45) is 56.2. The van der Waals surface area contributed by atoms with E-state index in [2.05, 4.69) is 50.0 Å². The second-order valence-electron chi connectivity index (χ2n) is 17.6. The fourth-order valence-electron chi connectivity index (χ4n) is 8.11. The molecule has 338 valence electrons. The first kappa shape index (κ1) is 52.6. The van der Waals surface area contributed by atoms with E-state index in [9.17, 15) is 0 Å². The Bertz CT molecular complexity index is 1200. The summed E-state index contributed by atoms with van der Waals surface area (Å²) in [4.78, 5) is 4.21. The molecule has 0 aliphatic carbocycles. The third kappa shape index (κ3) is 30.2. The van der Waals surface area contributed by atoms with E-state index in [1.54, 1.807) is 0 Å². The molecule has 0 aliphatic rings. The summed E-state index contributed by atoms with van der Waals surface area (Å²) in [5, 5.41) is 0. The summed E-state index contributed by atoms with van der Waals surface area (Å²) in [5.74, 6) is 2.46. The quantitative estimate of drug-likeness (QED) is 0.0625. The normalized spacial score (nSPS) is 11.5. The van der Waals surface area contributed by atoms with Crippen LogP contribution in [-0.2, 0) is 0 Å². The van der Waals surface area contributed by atoms with Gasteiger partial charge in [-0.3, -0.25) is 4.98 Å². The van der Waals surface area contributed by atoms with Crippen LogP contribution in [0.2, 0.25) is 0 Å². The average Bonchev–Trinajstić information content (AvgIpc) is 3.26. The maximum absolute atomic E-state index is 6.70. The van der Waals surface area contributed by atoms with Crippen LogP contribution in [0.4, 0.5) is 0 Å². The number of hydrogen-bond acceptors (Lipinski definition) is 4. The molecule has 0 amide bonds. The van der Waals surface area contributed by atoms with Crippen LogP contribution in [0.25, 0.3) is 12.2 Å². The summed E-state index contributed by atoms with van der Waals surface area (Å²) in [6, 6.07) is 8.35. The van der Waals surface area contributed by atoms with Crippen molar-refractivity contribution in [1.82, 2.24) is 4.98 Å². The molecule has 4 nitrogen and oxygen atoms in total. The van der Waals surface area contributed by atoms with Gasteiger partial charge in [-0.1, -0.05) is 245 Å². The minimum atomic E-state index is 0.693. The Kier molecular flexibility index (Phi) is 36.5. The first-order chi connectivity index (χ1) is 29.3. The van der Waals surface area contributed by atoms with E-state index in [0.29, 0.717) is 13.2 Å². The Balaban J connectivity index is 1.94. The number of aromatic nitrogens is 1. The van der Waals surface area contributed by atoms with Gasteiger partial charge in [0.15, 0.2) is 11.5 Å². The summed E-state index contributed by atoms with van der Waals surface area (Å²) in [6.45, 7) is 9.00. The van der Waals surface area contributed by atoms with Crippen molar-refractivity contribution in [2.75, 3.05) is 19.8 Å². The third-order valence-corrected chi connectivity index (χ3v) is 12.0. The van der Waals surface area contributed by atoms with Crippen molar-refractivity contribution < 1.29 is 14.2 Å². The molecular formula is C55H95NO3. The molecule has 0 fully saturated rings. The molecular weight excluding hydrogens is 723 g/mol. The molecule has 1 heterocycles. The molecule has 4 heteroatoms. The molecule has 0 bridgehead atoms. The second-order valence-corrected chi connectivity index (χ2v) is 17.6. The van der Waals surface area contributed by atoms with Crippen LogP contribution >= 0.6 is 0 Å². The van der Waals surface area contributed by atoms with E-state index >= 15 is 0 Å². The molecule has 0 saturated carbocycles. The maximum atomic E-state index is 6.70. The van der Waals surface area contributed by atoms with Crippen molar-refractivity contribution in [1.29, 1.82) is 0 Å². The number of pyridine rings is 1. The smallest absolute Gasteiger partial charge is 0.204 e. The number of ether oxygens (including phenoxy) is 3. The van der Waals surface area contributed by atoms with Gasteiger partial charge in [-0.15, -0.1) is 0 Å². The predicted molar refractivity (Wildman–Crippen MR) is 259 cm³/mol. The first-order valence-electron chi connectivity index (χ1n) is 25.9. The number of benzene rings is 1. The van der Waals surface area contributed by atoms with Crippen LogP contribution in [0.1, 0.15) is 263 Å². The fraction of sp³-hybridized carbons (Fsp3) is 0.764. The van der Waals surface area contributed by atoms with Gasteiger partial charge in [0, 0.05) is 18.0 Å². The van der Waals surface area contributed by atoms with Crippen LogP contribution in [0.15, 0.2) is 36.7 Å². The number of unbranched alkanes of at least 4 members (excludes halogenated alkanes) is 33. The van der Waals surface area contributed by atoms with Gasteiger partial charge in [0.1, 0.15) is 0 Å². The van der Waals surface area contributed by atoms with Crippen molar-refractivity contribution in [2.24, 2.45) is 0 Å². The molecule has 0 saturated heterocycles. The van der Waals surface area contributed by atoms with Gasteiger partial charge < -0.3 is 14.2 Å². The Labute approximate surface area is 366 Å². The highest BCUT2D eigenvalue weighted by atomic mass is 16.5. The van der Waals surface area contributed by atoms with Gasteiger partial charge in [0.2, 0.25) is 5.75 Å². The summed E-state index contributed by atoms with van der Waals surface area (Å²) in [7, 11) is 0. The van der Waals surface area contributed by atoms with E-state index in [-0.39, 0.29) is 0 Å². The number of rotatable bonds is 44. The van der Waals surface area contributed by atoms with E-state index in [0.717, 1.165) is 54.2 Å². The molecule has 0 atom stereocenters. The second kappa shape index (κ2) is 40.9. The van der Waals surface area contributed by atoms with E-state index in [4.69, 9.17) is 14.2 Å². The van der Waals surface area contributed by atoms with Gasteiger partial charge >= 0.3 is 0 Å². The molecule has 2 aromatic rings. The zero-order valence-electron chi connectivity index (χ0n) is 39.4. The van der Waals surface area contributed by atoms with Gasteiger partial charge in [-0.05, 0) is 49.1 Å². The van der Waals surface area contributed by atoms with E-state index in [1.165, 1.54) is 212 Å². The molecule has 0 unspecified atom stereocenters. The standard InChI is InChI=1S/C55H95NO3/c1-4-7-10-13-16-19-22-25-28-31-34-37-48-57-53-43-42-52(41-40-51-44-46-56-47-45-51)54(58-49-38-35-32-29-26-23-20-17-14-11-8-5-2)55(53)59-50-39-36-33-30-27-24-21-18-15-12-9-6-3/h40-47H,4-39,48-50H2,1-3H3/b41-40+. The highest BCUT2D eigenvalue weighted by molar-refractivity contribution is 5.75. The lowest BCUT2D eigenvalue weighted by Gasteiger charge is -2.19. The van der Waals surface area contributed by atoms with Crippen molar-refractivity contribution in [3.63, 3.8) is 0 Å². The number of hydrogen-bond donors (Lipinski definition) is 0. The van der Waals surface area contributed by atoms with Crippen LogP contribution in [0.3, 0.4) is 0 Å². The molecule has 1 aromatic carbocycles. The van der Waals surface area contributed by atoms with Crippen molar-refractivity contribution in [3.8, 4) is 17.2 Å². The average molecular weight is 818 g/mol. The van der Waals surface area contributed by atoms with Crippen molar-refractivity contribution >= 4 is 12.2 Å². The fourth-order valence-corrected chi connectivity index (χ4v) is 8.11.